The average Bonchev–Trinajstić information content (AvgIpc) is 2.46. The van der Waals surface area contributed by atoms with Gasteiger partial charge < -0.3 is 0 Å². The maximum atomic E-state index is 6.42. The summed E-state index contributed by atoms with van der Waals surface area (Å²) in [5.74, 6) is 0.0779. The molecule has 0 amide bonds. The third-order valence-corrected chi connectivity index (χ3v) is 5.39. The monoisotopic (exact) mass is 268 g/mol. The Kier molecular flexibility index (Phi) is 2.50. The van der Waals surface area contributed by atoms with Crippen LogP contribution in [0.5, 0.6) is 0 Å². The van der Waals surface area contributed by atoms with Crippen LogP contribution in [-0.4, -0.2) is 9.75 Å². The van der Waals surface area contributed by atoms with E-state index in [9.17, 15) is 0 Å². The topological polar surface area (TPSA) is 0 Å². The summed E-state index contributed by atoms with van der Waals surface area (Å²) in [6, 6.07) is 0. The Morgan fingerprint density at radius 1 is 1.36 bits per heavy atom. The van der Waals surface area contributed by atoms with Crippen molar-refractivity contribution in [3.63, 3.8) is 0 Å². The first kappa shape index (κ1) is 10.9. The normalized spacial score (nSPS) is 45.6. The van der Waals surface area contributed by atoms with Crippen LogP contribution in [0.1, 0.15) is 12.8 Å². The third kappa shape index (κ3) is 1.22. The molecular formula is C10H8Cl4. The SMILES string of the molecule is C=C=C[C@@H]1C[C@@]2(Cl)C[C@]1(Cl)C(Cl)=C2Cl. The molecule has 0 aromatic rings. The predicted molar refractivity (Wildman–Crippen MR) is 62.3 cm³/mol. The highest BCUT2D eigenvalue weighted by molar-refractivity contribution is 6.51. The zero-order chi connectivity index (χ0) is 10.6. The third-order valence-electron chi connectivity index (χ3n) is 2.94. The number of hydrogen-bond donors (Lipinski definition) is 0. The highest BCUT2D eigenvalue weighted by Crippen LogP contribution is 2.65. The Hall–Kier alpha value is 0.420. The first-order chi connectivity index (χ1) is 6.44. The molecule has 0 aromatic carbocycles. The molecule has 14 heavy (non-hydrogen) atoms. The van der Waals surface area contributed by atoms with E-state index in [-0.39, 0.29) is 5.92 Å². The van der Waals surface area contributed by atoms with Gasteiger partial charge in [0.15, 0.2) is 0 Å². The van der Waals surface area contributed by atoms with Crippen molar-refractivity contribution in [1.82, 2.24) is 0 Å². The lowest BCUT2D eigenvalue weighted by atomic mass is 9.92. The van der Waals surface area contributed by atoms with Crippen LogP contribution < -0.4 is 0 Å². The molecule has 3 atom stereocenters. The van der Waals surface area contributed by atoms with E-state index in [0.29, 0.717) is 22.9 Å². The van der Waals surface area contributed by atoms with Crippen molar-refractivity contribution in [1.29, 1.82) is 0 Å². The Balaban J connectivity index is 2.50. The molecule has 2 rings (SSSR count). The zero-order valence-electron chi connectivity index (χ0n) is 7.29. The quantitative estimate of drug-likeness (QED) is 0.489. The summed E-state index contributed by atoms with van der Waals surface area (Å²) in [7, 11) is 0. The number of allylic oxidation sites excluding steroid dienone is 3. The summed E-state index contributed by atoms with van der Waals surface area (Å²) in [6.45, 7) is 3.53. The van der Waals surface area contributed by atoms with Gasteiger partial charge in [0, 0.05) is 5.92 Å². The van der Waals surface area contributed by atoms with E-state index in [4.69, 9.17) is 46.4 Å². The Bertz CT molecular complexity index is 366. The van der Waals surface area contributed by atoms with E-state index in [1.807, 2.05) is 6.08 Å². The minimum absolute atomic E-state index is 0.0779. The molecule has 0 unspecified atom stereocenters. The molecule has 0 N–H and O–H groups in total. The molecule has 2 aliphatic carbocycles. The zero-order valence-corrected chi connectivity index (χ0v) is 10.3. The van der Waals surface area contributed by atoms with Crippen LogP contribution >= 0.6 is 46.4 Å². The fraction of sp³-hybridized carbons (Fsp3) is 0.500. The number of alkyl halides is 2. The number of fused-ring (bicyclic) bond motifs is 2. The Morgan fingerprint density at radius 2 is 2.00 bits per heavy atom. The molecule has 4 heteroatoms. The van der Waals surface area contributed by atoms with Crippen molar-refractivity contribution in [3.8, 4) is 0 Å². The first-order valence-electron chi connectivity index (χ1n) is 4.24. The summed E-state index contributed by atoms with van der Waals surface area (Å²) in [5, 5.41) is 0.989. The van der Waals surface area contributed by atoms with Crippen LogP contribution in [0.2, 0.25) is 0 Å². The summed E-state index contributed by atoms with van der Waals surface area (Å²) < 4.78 is 0. The molecule has 1 fully saturated rings. The van der Waals surface area contributed by atoms with Crippen LogP contribution in [0.15, 0.2) is 28.5 Å². The van der Waals surface area contributed by atoms with Gasteiger partial charge in [-0.1, -0.05) is 29.8 Å². The molecule has 0 aromatic heterocycles. The van der Waals surface area contributed by atoms with Crippen molar-refractivity contribution >= 4 is 46.4 Å². The van der Waals surface area contributed by atoms with E-state index in [0.717, 1.165) is 0 Å². The molecule has 2 aliphatic rings. The average molecular weight is 270 g/mol. The van der Waals surface area contributed by atoms with E-state index in [1.54, 1.807) is 0 Å². The van der Waals surface area contributed by atoms with Crippen molar-refractivity contribution in [2.24, 2.45) is 5.92 Å². The second-order valence-corrected chi connectivity index (χ2v) is 5.97. The molecule has 1 saturated carbocycles. The second-order valence-electron chi connectivity index (χ2n) is 3.81. The molecular weight excluding hydrogens is 262 g/mol. The summed E-state index contributed by atoms with van der Waals surface area (Å²) >= 11 is 24.9. The standard InChI is InChI=1S/C10H8Cl4/c1-2-3-6-4-9(13)5-10(6,14)8(12)7(9)11/h3,6H,1,4-5H2/t6-,9-,10-/m1/s1. The van der Waals surface area contributed by atoms with Crippen LogP contribution in [0.3, 0.4) is 0 Å². The number of halogens is 4. The highest BCUT2D eigenvalue weighted by atomic mass is 35.5. The van der Waals surface area contributed by atoms with Gasteiger partial charge in [-0.25, -0.2) is 0 Å². The van der Waals surface area contributed by atoms with Crippen LogP contribution in [0, 0.1) is 5.92 Å². The minimum Gasteiger partial charge on any atom is -0.133 e. The number of hydrogen-bond acceptors (Lipinski definition) is 0. The lowest BCUT2D eigenvalue weighted by Crippen LogP contribution is -2.25. The molecule has 0 nitrogen and oxygen atoms in total. The van der Waals surface area contributed by atoms with E-state index in [2.05, 4.69) is 12.3 Å². The van der Waals surface area contributed by atoms with Crippen molar-refractivity contribution in [2.75, 3.05) is 0 Å². The lowest BCUT2D eigenvalue weighted by Gasteiger charge is -2.27. The van der Waals surface area contributed by atoms with E-state index >= 15 is 0 Å². The second kappa shape index (κ2) is 3.20. The van der Waals surface area contributed by atoms with Crippen LogP contribution in [0.4, 0.5) is 0 Å². The van der Waals surface area contributed by atoms with Gasteiger partial charge in [-0.05, 0) is 18.9 Å². The van der Waals surface area contributed by atoms with Gasteiger partial charge in [-0.3, -0.25) is 0 Å². The summed E-state index contributed by atoms with van der Waals surface area (Å²) in [5.41, 5.74) is 2.73. The van der Waals surface area contributed by atoms with Crippen molar-refractivity contribution < 1.29 is 0 Å². The summed E-state index contributed by atoms with van der Waals surface area (Å²) in [6.07, 6.45) is 3.11. The Morgan fingerprint density at radius 3 is 2.43 bits per heavy atom. The number of rotatable bonds is 1. The molecule has 0 heterocycles. The van der Waals surface area contributed by atoms with Gasteiger partial charge in [0.05, 0.1) is 19.8 Å². The maximum Gasteiger partial charge on any atom is 0.0902 e. The van der Waals surface area contributed by atoms with Gasteiger partial charge in [0.1, 0.15) is 0 Å². The Labute approximate surface area is 103 Å². The minimum atomic E-state index is -0.634. The van der Waals surface area contributed by atoms with Crippen molar-refractivity contribution in [2.45, 2.75) is 22.6 Å². The maximum absolute atomic E-state index is 6.42. The van der Waals surface area contributed by atoms with Gasteiger partial charge in [0.2, 0.25) is 0 Å². The molecule has 0 saturated heterocycles. The molecule has 0 radical (unpaired) electrons. The molecule has 0 aliphatic heterocycles. The highest BCUT2D eigenvalue weighted by Gasteiger charge is 2.62. The lowest BCUT2D eigenvalue weighted by molar-refractivity contribution is 0.573. The molecule has 76 valence electrons. The predicted octanol–water partition coefficient (Wildman–Crippen LogP) is 4.40. The smallest absolute Gasteiger partial charge is 0.0902 e. The van der Waals surface area contributed by atoms with Gasteiger partial charge >= 0.3 is 0 Å². The van der Waals surface area contributed by atoms with Crippen molar-refractivity contribution in [3.05, 3.63) is 28.5 Å². The van der Waals surface area contributed by atoms with E-state index in [1.165, 1.54) is 0 Å². The molecule has 0 spiro atoms. The molecule has 2 bridgehead atoms. The summed E-state index contributed by atoms with van der Waals surface area (Å²) in [4.78, 5) is -1.20. The fourth-order valence-corrected chi connectivity index (χ4v) is 4.04. The largest absolute Gasteiger partial charge is 0.133 e. The van der Waals surface area contributed by atoms with Crippen LogP contribution in [0.25, 0.3) is 0 Å². The first-order valence-corrected chi connectivity index (χ1v) is 5.75. The van der Waals surface area contributed by atoms with Gasteiger partial charge in [-0.15, -0.1) is 28.9 Å². The fourth-order valence-electron chi connectivity index (χ4n) is 2.24. The van der Waals surface area contributed by atoms with Crippen LogP contribution in [-0.2, 0) is 0 Å². The van der Waals surface area contributed by atoms with Gasteiger partial charge in [0.25, 0.3) is 0 Å². The van der Waals surface area contributed by atoms with E-state index < -0.39 is 9.75 Å². The van der Waals surface area contributed by atoms with Gasteiger partial charge in [-0.2, -0.15) is 0 Å².